The SMILES string of the molecule is COCCOCCOCC(CCCON1C(=O)c2ccc3c4ccc5c6c(ccc(c7ccc(c2c37)C1=O)c64)C(=O)N(OCCCC(COCCOCCOC)COCCOCCOC)C5=O)COCCOCCOC. The minimum absolute atomic E-state index is 0.0153. The lowest BCUT2D eigenvalue weighted by atomic mass is 9.82. The number of hydroxylamine groups is 4. The summed E-state index contributed by atoms with van der Waals surface area (Å²) >= 11 is 0. The summed E-state index contributed by atoms with van der Waals surface area (Å²) in [5.41, 5.74) is 1.34. The van der Waals surface area contributed by atoms with E-state index in [1.165, 1.54) is 0 Å². The van der Waals surface area contributed by atoms with Gasteiger partial charge in [-0.25, -0.2) is 0 Å². The summed E-state index contributed by atoms with van der Waals surface area (Å²) < 4.78 is 65.8. The van der Waals surface area contributed by atoms with Crippen LogP contribution in [0.2, 0.25) is 0 Å². The van der Waals surface area contributed by atoms with Gasteiger partial charge in [0.25, 0.3) is 23.6 Å². The number of amides is 4. The van der Waals surface area contributed by atoms with Crippen LogP contribution in [0.5, 0.6) is 0 Å². The highest BCUT2D eigenvalue weighted by atomic mass is 16.7. The zero-order valence-corrected chi connectivity index (χ0v) is 44.4. The van der Waals surface area contributed by atoms with E-state index < -0.39 is 23.6 Å². The van der Waals surface area contributed by atoms with E-state index in [0.717, 1.165) is 42.4 Å². The molecule has 0 aliphatic carbocycles. The maximum atomic E-state index is 14.2. The van der Waals surface area contributed by atoms with E-state index in [2.05, 4.69) is 0 Å². The van der Waals surface area contributed by atoms with Gasteiger partial charge in [-0.05, 0) is 82.3 Å². The molecule has 5 aromatic carbocycles. The molecule has 20 heteroatoms. The Hall–Kier alpha value is -4.88. The Balaban J connectivity index is 0.990. The van der Waals surface area contributed by atoms with Crippen LogP contribution < -0.4 is 0 Å². The lowest BCUT2D eigenvalue weighted by molar-refractivity contribution is -0.0980. The lowest BCUT2D eigenvalue weighted by Crippen LogP contribution is -2.40. The molecule has 0 spiro atoms. The van der Waals surface area contributed by atoms with Crippen molar-refractivity contribution in [2.45, 2.75) is 25.7 Å². The summed E-state index contributed by atoms with van der Waals surface area (Å²) in [5.74, 6) is -2.21. The molecule has 5 aromatic rings. The van der Waals surface area contributed by atoms with Crippen molar-refractivity contribution >= 4 is 66.7 Å². The van der Waals surface area contributed by atoms with Gasteiger partial charge in [0.1, 0.15) is 0 Å². The van der Waals surface area contributed by atoms with Crippen LogP contribution in [-0.4, -0.2) is 208 Å². The molecule has 20 nitrogen and oxygen atoms in total. The fourth-order valence-corrected chi connectivity index (χ4v) is 9.39. The van der Waals surface area contributed by atoms with E-state index in [9.17, 15) is 19.2 Å². The second kappa shape index (κ2) is 31.5. The summed E-state index contributed by atoms with van der Waals surface area (Å²) in [6, 6.07) is 14.3. The molecule has 0 unspecified atom stereocenters. The van der Waals surface area contributed by atoms with Gasteiger partial charge in [-0.15, -0.1) is 10.1 Å². The minimum atomic E-state index is -0.560. The van der Waals surface area contributed by atoms with E-state index >= 15 is 0 Å². The molecule has 0 aromatic heterocycles. The van der Waals surface area contributed by atoms with Crippen LogP contribution in [0.25, 0.3) is 43.1 Å². The molecule has 4 amide bonds. The van der Waals surface area contributed by atoms with Gasteiger partial charge in [0, 0.05) is 51.0 Å². The van der Waals surface area contributed by atoms with E-state index in [4.69, 9.17) is 66.5 Å². The number of carbonyl (C=O) groups excluding carboxylic acids is 4. The molecule has 2 heterocycles. The number of hydrogen-bond donors (Lipinski definition) is 0. The first-order valence-electron chi connectivity index (χ1n) is 26.2. The number of carbonyl (C=O) groups is 4. The molecule has 7 rings (SSSR count). The van der Waals surface area contributed by atoms with E-state index in [-0.39, 0.29) is 25.0 Å². The number of benzene rings is 5. The summed E-state index contributed by atoms with van der Waals surface area (Å²) in [6.45, 7) is 9.29. The molecule has 2 aliphatic heterocycles. The van der Waals surface area contributed by atoms with Gasteiger partial charge in [-0.3, -0.25) is 28.9 Å². The summed E-state index contributed by atoms with van der Waals surface area (Å²) in [7, 11) is 6.49. The lowest BCUT2D eigenvalue weighted by Gasteiger charge is -2.29. The van der Waals surface area contributed by atoms with Crippen LogP contribution in [-0.2, 0) is 66.5 Å². The van der Waals surface area contributed by atoms with Crippen LogP contribution in [0, 0.1) is 11.8 Å². The first-order valence-corrected chi connectivity index (χ1v) is 26.2. The van der Waals surface area contributed by atoms with Crippen molar-refractivity contribution in [3.05, 3.63) is 70.8 Å². The normalized spacial score (nSPS) is 13.8. The second-order valence-electron chi connectivity index (χ2n) is 18.4. The maximum absolute atomic E-state index is 14.2. The standard InChI is InChI=1S/C56H74N2O18/c1-63-19-23-67-27-31-71-35-39(36-72-32-28-68-24-20-64-2)7-5-17-75-57-53(59)45-13-9-41-43-11-15-47-52-48(16-12-44(50(43)52)42-10-14-46(54(57)60)51(45)49(41)42)56(62)58(55(47)61)76-18-6-8-40(37-73-33-29-69-25-21-65-3)38-74-34-30-70-26-22-66-4/h9-16,39-40H,5-8,17-38H2,1-4H3. The van der Waals surface area contributed by atoms with E-state index in [0.29, 0.717) is 191 Å². The molecule has 0 N–H and O–H groups in total. The first kappa shape index (κ1) is 58.8. The van der Waals surface area contributed by atoms with Crippen LogP contribution >= 0.6 is 0 Å². The Morgan fingerprint density at radius 1 is 0.316 bits per heavy atom. The summed E-state index contributed by atoms with van der Waals surface area (Å²) in [4.78, 5) is 68.6. The van der Waals surface area contributed by atoms with E-state index in [1.807, 2.05) is 24.3 Å². The molecule has 0 saturated heterocycles. The van der Waals surface area contributed by atoms with E-state index in [1.54, 1.807) is 52.7 Å². The Kier molecular flexibility index (Phi) is 24.4. The van der Waals surface area contributed by atoms with Gasteiger partial charge in [0.15, 0.2) is 0 Å². The van der Waals surface area contributed by atoms with Crippen molar-refractivity contribution in [2.24, 2.45) is 11.8 Å². The fourth-order valence-electron chi connectivity index (χ4n) is 9.39. The smallest absolute Gasteiger partial charge is 0.285 e. The number of nitrogens with zero attached hydrogens (tertiary/aromatic N) is 2. The monoisotopic (exact) mass is 1060 g/mol. The Bertz CT molecular complexity index is 2300. The molecule has 0 saturated carbocycles. The highest BCUT2D eigenvalue weighted by molar-refractivity contribution is 6.41. The maximum Gasteiger partial charge on any atom is 0.285 e. The van der Waals surface area contributed by atoms with Crippen molar-refractivity contribution in [1.82, 2.24) is 10.1 Å². The van der Waals surface area contributed by atoms with Gasteiger partial charge in [-0.2, -0.15) is 0 Å². The molecule has 0 radical (unpaired) electrons. The molecule has 76 heavy (non-hydrogen) atoms. The largest absolute Gasteiger partial charge is 0.382 e. The summed E-state index contributed by atoms with van der Waals surface area (Å²) in [5, 5.41) is 7.36. The first-order chi connectivity index (χ1) is 37.3. The summed E-state index contributed by atoms with van der Waals surface area (Å²) in [6.07, 6.45) is 2.35. The molecule has 0 fully saturated rings. The van der Waals surface area contributed by atoms with Gasteiger partial charge in [0.05, 0.1) is 168 Å². The third kappa shape index (κ3) is 15.2. The van der Waals surface area contributed by atoms with Crippen molar-refractivity contribution in [2.75, 3.05) is 174 Å². The second-order valence-corrected chi connectivity index (χ2v) is 18.4. The van der Waals surface area contributed by atoms with Gasteiger partial charge in [0.2, 0.25) is 0 Å². The van der Waals surface area contributed by atoms with Crippen LogP contribution in [0.15, 0.2) is 48.5 Å². The third-order valence-electron chi connectivity index (χ3n) is 13.1. The van der Waals surface area contributed by atoms with Crippen LogP contribution in [0.3, 0.4) is 0 Å². The van der Waals surface area contributed by atoms with Crippen molar-refractivity contribution in [1.29, 1.82) is 0 Å². The average molecular weight is 1060 g/mol. The number of rotatable bonds is 42. The van der Waals surface area contributed by atoms with Crippen molar-refractivity contribution in [3.63, 3.8) is 0 Å². The van der Waals surface area contributed by atoms with Crippen LogP contribution in [0.4, 0.5) is 0 Å². The quantitative estimate of drug-likeness (QED) is 0.0182. The third-order valence-corrected chi connectivity index (χ3v) is 13.1. The predicted molar refractivity (Wildman–Crippen MR) is 280 cm³/mol. The Morgan fingerprint density at radius 3 is 0.829 bits per heavy atom. The van der Waals surface area contributed by atoms with Gasteiger partial charge >= 0.3 is 0 Å². The number of fused-ring (bicyclic) bond motifs is 2. The van der Waals surface area contributed by atoms with Crippen molar-refractivity contribution < 1.29 is 85.7 Å². The number of imide groups is 2. The zero-order chi connectivity index (χ0) is 53.5. The Morgan fingerprint density at radius 2 is 0.566 bits per heavy atom. The fraction of sp³-hybridized carbons (Fsp3) is 0.571. The van der Waals surface area contributed by atoms with Crippen molar-refractivity contribution in [3.8, 4) is 0 Å². The molecular weight excluding hydrogens is 989 g/mol. The number of hydrogen-bond acceptors (Lipinski definition) is 18. The molecule has 0 bridgehead atoms. The van der Waals surface area contributed by atoms with Gasteiger partial charge < -0.3 is 56.8 Å². The van der Waals surface area contributed by atoms with Crippen LogP contribution in [0.1, 0.15) is 67.1 Å². The number of ether oxygens (including phenoxy) is 12. The zero-order valence-electron chi connectivity index (χ0n) is 44.4. The minimum Gasteiger partial charge on any atom is -0.382 e. The molecule has 416 valence electrons. The number of methoxy groups -OCH3 is 4. The predicted octanol–water partition coefficient (Wildman–Crippen LogP) is 6.30. The molecule has 0 atom stereocenters. The average Bonchev–Trinajstić information content (AvgIpc) is 3.48. The molecule has 2 aliphatic rings. The highest BCUT2D eigenvalue weighted by Crippen LogP contribution is 2.46. The molecular formula is C56H74N2O18. The highest BCUT2D eigenvalue weighted by Gasteiger charge is 2.38. The Labute approximate surface area is 443 Å². The topological polar surface area (TPSA) is 204 Å². The van der Waals surface area contributed by atoms with Gasteiger partial charge in [-0.1, -0.05) is 24.3 Å².